The van der Waals surface area contributed by atoms with Crippen molar-refractivity contribution < 1.29 is 19.5 Å². The third kappa shape index (κ3) is 10.2. The van der Waals surface area contributed by atoms with Gasteiger partial charge in [0.1, 0.15) is 0 Å². The molecule has 13 heteroatoms. The van der Waals surface area contributed by atoms with Gasteiger partial charge in [-0.15, -0.1) is 0 Å². The molecule has 2 unspecified atom stereocenters. The second kappa shape index (κ2) is 19.4. The Kier molecular flexibility index (Phi) is 14.1. The molecule has 3 N–H and O–H groups in total. The van der Waals surface area contributed by atoms with Crippen molar-refractivity contribution in [3.63, 3.8) is 0 Å². The average Bonchev–Trinajstić information content (AvgIpc) is 3.25. The first kappa shape index (κ1) is 42.2. The summed E-state index contributed by atoms with van der Waals surface area (Å²) in [5.74, 6) is -0.632. The fourth-order valence-electron chi connectivity index (χ4n) is 8.30. The molecule has 0 saturated carbocycles. The maximum absolute atomic E-state index is 14.3. The Morgan fingerprint density at radius 3 is 2.34 bits per heavy atom. The van der Waals surface area contributed by atoms with Crippen LogP contribution in [0.4, 0.5) is 17.1 Å². The molecule has 3 aliphatic heterocycles. The Balaban J connectivity index is 0.00000279. The van der Waals surface area contributed by atoms with Crippen LogP contribution in [0.5, 0.6) is 0 Å². The summed E-state index contributed by atoms with van der Waals surface area (Å²) in [7, 11) is 2.10. The summed E-state index contributed by atoms with van der Waals surface area (Å²) in [4.78, 5) is 65.9. The first-order valence-electron chi connectivity index (χ1n) is 20.6. The van der Waals surface area contributed by atoms with Crippen molar-refractivity contribution in [3.05, 3.63) is 108 Å². The predicted octanol–water partition coefficient (Wildman–Crippen LogP) is 4.79. The van der Waals surface area contributed by atoms with Gasteiger partial charge in [0.05, 0.1) is 40.8 Å². The van der Waals surface area contributed by atoms with Gasteiger partial charge in [-0.05, 0) is 68.3 Å². The molecule has 0 aliphatic carbocycles. The van der Waals surface area contributed by atoms with Crippen LogP contribution in [-0.4, -0.2) is 119 Å². The van der Waals surface area contributed by atoms with Gasteiger partial charge in [0.15, 0.2) is 0 Å². The van der Waals surface area contributed by atoms with Gasteiger partial charge in [-0.3, -0.25) is 23.7 Å². The van der Waals surface area contributed by atoms with Crippen molar-refractivity contribution in [2.45, 2.75) is 57.6 Å². The standard InChI is InChI=1S/C43H52N8O5.C2H6/c1-3-39(52)46-36-11-7-8-12-38(36)50-20-15-33(35(28-50)31-9-5-4-6-10-31)41(54)49-21-17-43(56,18-22-49)29-51-30-44-37-27-32(13-14-34(37)42(51)55)45-40(53)16-19-48-25-23-47(2)24-26-48;1-2/h3-14,27,30,33,35,56H,1,15-26,28-29H2,2H3,(H,45,53)(H,46,52);1-2H3. The van der Waals surface area contributed by atoms with Crippen LogP contribution in [0, 0.1) is 5.92 Å². The summed E-state index contributed by atoms with van der Waals surface area (Å²) in [6.45, 7) is 14.2. The van der Waals surface area contributed by atoms with Crippen molar-refractivity contribution in [2.75, 3.05) is 81.5 Å². The van der Waals surface area contributed by atoms with Gasteiger partial charge in [-0.1, -0.05) is 62.9 Å². The van der Waals surface area contributed by atoms with Gasteiger partial charge >= 0.3 is 0 Å². The monoisotopic (exact) mass is 790 g/mol. The lowest BCUT2D eigenvalue weighted by atomic mass is 9.79. The molecule has 13 nitrogen and oxygen atoms in total. The SMILES string of the molecule is C=CC(=O)Nc1ccccc1N1CCC(C(=O)N2CCC(O)(Cn3cnc4cc(NC(=O)CCN5CCN(C)CC5)ccc4c3=O)CC2)C(c2ccccc2)C1.CC. The summed E-state index contributed by atoms with van der Waals surface area (Å²) in [5, 5.41) is 18.0. The number of hydrogen-bond acceptors (Lipinski definition) is 9. The van der Waals surface area contributed by atoms with E-state index in [1.54, 1.807) is 18.2 Å². The van der Waals surface area contributed by atoms with Crippen LogP contribution in [0.25, 0.3) is 10.9 Å². The highest BCUT2D eigenvalue weighted by Gasteiger charge is 2.41. The van der Waals surface area contributed by atoms with E-state index in [4.69, 9.17) is 0 Å². The zero-order valence-corrected chi connectivity index (χ0v) is 34.1. The number of nitrogens with zero attached hydrogens (tertiary/aromatic N) is 6. The molecule has 4 aromatic rings. The number of carbonyl (C=O) groups excluding carboxylic acids is 3. The molecule has 0 radical (unpaired) electrons. The highest BCUT2D eigenvalue weighted by Crippen LogP contribution is 2.39. The Morgan fingerprint density at radius 1 is 0.914 bits per heavy atom. The van der Waals surface area contributed by atoms with Crippen LogP contribution in [0.15, 0.2) is 96.6 Å². The number of nitrogens with one attached hydrogen (secondary N) is 2. The molecule has 3 fully saturated rings. The Morgan fingerprint density at radius 2 is 1.62 bits per heavy atom. The first-order valence-corrected chi connectivity index (χ1v) is 20.6. The molecular formula is C45H58N8O5. The van der Waals surface area contributed by atoms with Crippen molar-refractivity contribution in [3.8, 4) is 0 Å². The Labute approximate surface area is 341 Å². The number of rotatable bonds is 11. The largest absolute Gasteiger partial charge is 0.388 e. The number of piperidine rings is 2. The van der Waals surface area contributed by atoms with Gasteiger partial charge in [0.25, 0.3) is 5.56 Å². The molecule has 3 amide bonds. The maximum Gasteiger partial charge on any atom is 0.261 e. The van der Waals surface area contributed by atoms with Crippen LogP contribution in [-0.2, 0) is 20.9 Å². The molecule has 308 valence electrons. The lowest BCUT2D eigenvalue weighted by Gasteiger charge is -2.44. The number of amides is 3. The van der Waals surface area contributed by atoms with E-state index in [1.165, 1.54) is 17.0 Å². The predicted molar refractivity (Wildman–Crippen MR) is 230 cm³/mol. The summed E-state index contributed by atoms with van der Waals surface area (Å²) < 4.78 is 1.45. The van der Waals surface area contributed by atoms with Crippen LogP contribution < -0.4 is 21.1 Å². The second-order valence-corrected chi connectivity index (χ2v) is 15.5. The highest BCUT2D eigenvalue weighted by atomic mass is 16.3. The van der Waals surface area contributed by atoms with Crippen molar-refractivity contribution in [1.82, 2.24) is 24.3 Å². The normalized spacial score (nSPS) is 19.8. The lowest BCUT2D eigenvalue weighted by molar-refractivity contribution is -0.141. The van der Waals surface area contributed by atoms with E-state index in [2.05, 4.69) is 56.1 Å². The molecule has 0 spiro atoms. The average molecular weight is 791 g/mol. The van der Waals surface area contributed by atoms with Gasteiger partial charge in [0, 0.05) is 82.8 Å². The number of hydrogen-bond donors (Lipinski definition) is 3. The molecule has 58 heavy (non-hydrogen) atoms. The zero-order chi connectivity index (χ0) is 41.2. The second-order valence-electron chi connectivity index (χ2n) is 15.5. The third-order valence-corrected chi connectivity index (χ3v) is 11.7. The van der Waals surface area contributed by atoms with Crippen LogP contribution >= 0.6 is 0 Å². The summed E-state index contributed by atoms with van der Waals surface area (Å²) in [5.41, 5.74) is 2.28. The van der Waals surface area contributed by atoms with E-state index in [9.17, 15) is 24.3 Å². The quantitative estimate of drug-likeness (QED) is 0.183. The number of piperazine rings is 1. The number of para-hydroxylation sites is 2. The minimum Gasteiger partial charge on any atom is -0.388 e. The molecular weight excluding hydrogens is 733 g/mol. The molecule has 2 atom stereocenters. The molecule has 3 saturated heterocycles. The van der Waals surface area contributed by atoms with E-state index >= 15 is 0 Å². The molecule has 3 aliphatic rings. The topological polar surface area (TPSA) is 143 Å². The Bertz CT molecular complexity index is 2110. The summed E-state index contributed by atoms with van der Waals surface area (Å²) in [6.07, 6.45) is 4.38. The third-order valence-electron chi connectivity index (χ3n) is 11.7. The fourth-order valence-corrected chi connectivity index (χ4v) is 8.30. The number of benzene rings is 3. The molecule has 4 heterocycles. The van der Waals surface area contributed by atoms with Crippen LogP contribution in [0.3, 0.4) is 0 Å². The van der Waals surface area contributed by atoms with E-state index in [1.807, 2.05) is 61.2 Å². The van der Waals surface area contributed by atoms with Crippen LogP contribution in [0.1, 0.15) is 51.0 Å². The van der Waals surface area contributed by atoms with Gasteiger partial charge < -0.3 is 35.3 Å². The minimum absolute atomic E-state index is 0.0639. The number of likely N-dealkylation sites (tertiary alicyclic amines) is 1. The lowest BCUT2D eigenvalue weighted by Crippen LogP contribution is -2.53. The smallest absolute Gasteiger partial charge is 0.261 e. The van der Waals surface area contributed by atoms with Crippen LogP contribution in [0.2, 0.25) is 0 Å². The number of anilines is 3. The summed E-state index contributed by atoms with van der Waals surface area (Å²) >= 11 is 0. The van der Waals surface area contributed by atoms with Crippen molar-refractivity contribution in [2.24, 2.45) is 5.92 Å². The molecule has 3 aromatic carbocycles. The fraction of sp³-hybridized carbons (Fsp3) is 0.444. The number of aromatic nitrogens is 2. The van der Waals surface area contributed by atoms with Crippen molar-refractivity contribution >= 4 is 45.7 Å². The zero-order valence-electron chi connectivity index (χ0n) is 34.1. The number of fused-ring (bicyclic) bond motifs is 1. The first-order chi connectivity index (χ1) is 28.1. The summed E-state index contributed by atoms with van der Waals surface area (Å²) in [6, 6.07) is 22.9. The van der Waals surface area contributed by atoms with E-state index in [0.29, 0.717) is 80.7 Å². The highest BCUT2D eigenvalue weighted by molar-refractivity contribution is 6.01. The molecule has 0 bridgehead atoms. The van der Waals surface area contributed by atoms with Crippen molar-refractivity contribution in [1.29, 1.82) is 0 Å². The molecule has 1 aromatic heterocycles. The maximum atomic E-state index is 14.3. The number of likely N-dealkylation sites (N-methyl/N-ethyl adjacent to an activating group) is 1. The number of aliphatic hydroxyl groups is 1. The van der Waals surface area contributed by atoms with Gasteiger partial charge in [-0.2, -0.15) is 0 Å². The van der Waals surface area contributed by atoms with Gasteiger partial charge in [-0.25, -0.2) is 4.98 Å². The Hall–Kier alpha value is -5.37. The van der Waals surface area contributed by atoms with E-state index < -0.39 is 5.60 Å². The van der Waals surface area contributed by atoms with Gasteiger partial charge in [0.2, 0.25) is 17.7 Å². The number of carbonyl (C=O) groups is 3. The van der Waals surface area contributed by atoms with E-state index in [0.717, 1.165) is 37.4 Å². The molecule has 7 rings (SSSR count). The van der Waals surface area contributed by atoms with E-state index in [-0.39, 0.29) is 41.7 Å². The minimum atomic E-state index is -1.19.